The first kappa shape index (κ1) is 8.44. The van der Waals surface area contributed by atoms with Crippen molar-refractivity contribution < 1.29 is 0 Å². The van der Waals surface area contributed by atoms with E-state index in [1.807, 2.05) is 13.8 Å². The van der Waals surface area contributed by atoms with Crippen molar-refractivity contribution in [3.05, 3.63) is 17.4 Å². The Balaban J connectivity index is 2.75. The lowest BCUT2D eigenvalue weighted by atomic mass is 10.4. The van der Waals surface area contributed by atoms with E-state index >= 15 is 0 Å². The minimum absolute atomic E-state index is 0.269. The van der Waals surface area contributed by atoms with Crippen LogP contribution in [0.3, 0.4) is 0 Å². The standard InChI is InChI=1S/C8H9ClN4/c1-5(2)13-8-6(3-11-13)7(9)4-10-12-8/h3-5H,1-2H3. The van der Waals surface area contributed by atoms with Crippen LogP contribution >= 0.6 is 11.6 Å². The monoisotopic (exact) mass is 196 g/mol. The highest BCUT2D eigenvalue weighted by Gasteiger charge is 2.09. The van der Waals surface area contributed by atoms with Crippen molar-refractivity contribution in [3.63, 3.8) is 0 Å². The highest BCUT2D eigenvalue weighted by Crippen LogP contribution is 2.21. The van der Waals surface area contributed by atoms with Gasteiger partial charge in [0.15, 0.2) is 5.65 Å². The second kappa shape index (κ2) is 2.96. The molecule has 2 aromatic heterocycles. The van der Waals surface area contributed by atoms with E-state index in [1.54, 1.807) is 10.9 Å². The molecule has 0 N–H and O–H groups in total. The van der Waals surface area contributed by atoms with Crippen molar-refractivity contribution >= 4 is 22.6 Å². The van der Waals surface area contributed by atoms with E-state index in [-0.39, 0.29) is 6.04 Å². The first-order chi connectivity index (χ1) is 6.20. The molecule has 0 aromatic carbocycles. The van der Waals surface area contributed by atoms with Gasteiger partial charge in [-0.1, -0.05) is 11.6 Å². The fourth-order valence-corrected chi connectivity index (χ4v) is 1.38. The predicted octanol–water partition coefficient (Wildman–Crippen LogP) is 2.06. The Morgan fingerprint density at radius 3 is 2.85 bits per heavy atom. The van der Waals surface area contributed by atoms with E-state index in [4.69, 9.17) is 11.6 Å². The van der Waals surface area contributed by atoms with Crippen LogP contribution in [-0.2, 0) is 0 Å². The zero-order valence-electron chi connectivity index (χ0n) is 7.40. The summed E-state index contributed by atoms with van der Waals surface area (Å²) in [4.78, 5) is 0. The quantitative estimate of drug-likeness (QED) is 0.701. The third-order valence-electron chi connectivity index (χ3n) is 1.84. The van der Waals surface area contributed by atoms with Crippen molar-refractivity contribution in [2.45, 2.75) is 19.9 Å². The summed E-state index contributed by atoms with van der Waals surface area (Å²) >= 11 is 5.92. The maximum absolute atomic E-state index is 5.92. The number of hydrogen-bond acceptors (Lipinski definition) is 3. The molecule has 0 fully saturated rings. The Hall–Kier alpha value is -1.16. The van der Waals surface area contributed by atoms with Gasteiger partial charge in [0.1, 0.15) is 0 Å². The van der Waals surface area contributed by atoms with Gasteiger partial charge < -0.3 is 0 Å². The topological polar surface area (TPSA) is 43.6 Å². The molecule has 0 atom stereocenters. The van der Waals surface area contributed by atoms with Crippen LogP contribution in [0.4, 0.5) is 0 Å². The summed E-state index contributed by atoms with van der Waals surface area (Å²) in [7, 11) is 0. The highest BCUT2D eigenvalue weighted by molar-refractivity contribution is 6.34. The fraction of sp³-hybridized carbons (Fsp3) is 0.375. The molecule has 0 unspecified atom stereocenters. The number of halogens is 1. The van der Waals surface area contributed by atoms with Crippen LogP contribution in [0.15, 0.2) is 12.4 Å². The normalized spacial score (nSPS) is 11.4. The van der Waals surface area contributed by atoms with E-state index in [0.717, 1.165) is 11.0 Å². The lowest BCUT2D eigenvalue weighted by Crippen LogP contribution is -2.03. The number of hydrogen-bond donors (Lipinski definition) is 0. The molecule has 0 bridgehead atoms. The lowest BCUT2D eigenvalue weighted by molar-refractivity contribution is 0.544. The summed E-state index contributed by atoms with van der Waals surface area (Å²) in [6.07, 6.45) is 3.24. The number of nitrogens with zero attached hydrogens (tertiary/aromatic N) is 4. The van der Waals surface area contributed by atoms with Gasteiger partial charge in [0.2, 0.25) is 0 Å². The van der Waals surface area contributed by atoms with Gasteiger partial charge in [0, 0.05) is 6.04 Å². The molecule has 5 heteroatoms. The fourth-order valence-electron chi connectivity index (χ4n) is 1.21. The van der Waals surface area contributed by atoms with E-state index in [9.17, 15) is 0 Å². The minimum atomic E-state index is 0.269. The van der Waals surface area contributed by atoms with E-state index in [1.165, 1.54) is 6.20 Å². The molecule has 68 valence electrons. The third kappa shape index (κ3) is 1.27. The Kier molecular flexibility index (Phi) is 1.92. The SMILES string of the molecule is CC(C)n1ncc2c(Cl)cnnc21. The molecule has 0 saturated heterocycles. The van der Waals surface area contributed by atoms with Gasteiger partial charge in [0.25, 0.3) is 0 Å². The van der Waals surface area contributed by atoms with Crippen LogP contribution in [0.25, 0.3) is 11.0 Å². The largest absolute Gasteiger partial charge is 0.243 e. The van der Waals surface area contributed by atoms with E-state index in [2.05, 4.69) is 15.3 Å². The lowest BCUT2D eigenvalue weighted by Gasteiger charge is -2.04. The predicted molar refractivity (Wildman–Crippen MR) is 50.7 cm³/mol. The van der Waals surface area contributed by atoms with Crippen LogP contribution < -0.4 is 0 Å². The summed E-state index contributed by atoms with van der Waals surface area (Å²) in [5.74, 6) is 0. The Morgan fingerprint density at radius 2 is 2.15 bits per heavy atom. The van der Waals surface area contributed by atoms with Crippen LogP contribution in [0.5, 0.6) is 0 Å². The highest BCUT2D eigenvalue weighted by atomic mass is 35.5. The molecule has 0 aliphatic heterocycles. The Bertz CT molecular complexity index is 435. The van der Waals surface area contributed by atoms with Gasteiger partial charge in [-0.3, -0.25) is 0 Å². The van der Waals surface area contributed by atoms with Gasteiger partial charge in [0.05, 0.1) is 22.8 Å². The van der Waals surface area contributed by atoms with Crippen molar-refractivity contribution in [2.75, 3.05) is 0 Å². The first-order valence-electron chi connectivity index (χ1n) is 4.04. The third-order valence-corrected chi connectivity index (χ3v) is 2.14. The summed E-state index contributed by atoms with van der Waals surface area (Å²) < 4.78 is 1.80. The molecular weight excluding hydrogens is 188 g/mol. The Labute approximate surface area is 80.5 Å². The van der Waals surface area contributed by atoms with Crippen LogP contribution in [0.2, 0.25) is 5.02 Å². The molecule has 4 nitrogen and oxygen atoms in total. The van der Waals surface area contributed by atoms with Crippen molar-refractivity contribution in [2.24, 2.45) is 0 Å². The first-order valence-corrected chi connectivity index (χ1v) is 4.42. The zero-order valence-corrected chi connectivity index (χ0v) is 8.15. The second-order valence-electron chi connectivity index (χ2n) is 3.11. The minimum Gasteiger partial charge on any atom is -0.243 e. The molecule has 13 heavy (non-hydrogen) atoms. The van der Waals surface area contributed by atoms with Gasteiger partial charge in [-0.15, -0.1) is 5.10 Å². The summed E-state index contributed by atoms with van der Waals surface area (Å²) in [5, 5.41) is 13.4. The molecular formula is C8H9ClN4. The number of fused-ring (bicyclic) bond motifs is 1. The summed E-state index contributed by atoms with van der Waals surface area (Å²) in [6.45, 7) is 4.07. The summed E-state index contributed by atoms with van der Waals surface area (Å²) in [5.41, 5.74) is 0.738. The van der Waals surface area contributed by atoms with Crippen molar-refractivity contribution in [1.82, 2.24) is 20.0 Å². The summed E-state index contributed by atoms with van der Waals surface area (Å²) in [6, 6.07) is 0.269. The Morgan fingerprint density at radius 1 is 1.38 bits per heavy atom. The molecule has 0 radical (unpaired) electrons. The smallest absolute Gasteiger partial charge is 0.182 e. The van der Waals surface area contributed by atoms with Crippen molar-refractivity contribution in [3.8, 4) is 0 Å². The van der Waals surface area contributed by atoms with Gasteiger partial charge in [-0.25, -0.2) is 4.68 Å². The molecule has 2 aromatic rings. The maximum atomic E-state index is 5.92. The van der Waals surface area contributed by atoms with E-state index < -0.39 is 0 Å². The molecule has 0 aliphatic carbocycles. The number of aromatic nitrogens is 4. The van der Waals surface area contributed by atoms with Crippen LogP contribution in [0.1, 0.15) is 19.9 Å². The van der Waals surface area contributed by atoms with Gasteiger partial charge in [-0.2, -0.15) is 10.2 Å². The van der Waals surface area contributed by atoms with Gasteiger partial charge in [-0.05, 0) is 13.8 Å². The maximum Gasteiger partial charge on any atom is 0.182 e. The van der Waals surface area contributed by atoms with E-state index in [0.29, 0.717) is 5.02 Å². The average molecular weight is 197 g/mol. The molecule has 0 amide bonds. The van der Waals surface area contributed by atoms with Crippen LogP contribution in [0, 0.1) is 0 Å². The average Bonchev–Trinajstić information content (AvgIpc) is 2.48. The van der Waals surface area contributed by atoms with Gasteiger partial charge >= 0.3 is 0 Å². The molecule has 2 heterocycles. The van der Waals surface area contributed by atoms with Crippen molar-refractivity contribution in [1.29, 1.82) is 0 Å². The zero-order chi connectivity index (χ0) is 9.42. The van der Waals surface area contributed by atoms with Crippen LogP contribution in [-0.4, -0.2) is 20.0 Å². The number of rotatable bonds is 1. The molecule has 0 aliphatic rings. The molecule has 2 rings (SSSR count). The molecule has 0 spiro atoms. The second-order valence-corrected chi connectivity index (χ2v) is 3.52. The molecule has 0 saturated carbocycles.